The molecular formula is C18H19BrClN5O2. The zero-order valence-corrected chi connectivity index (χ0v) is 17.1. The molecule has 0 bridgehead atoms. The zero-order chi connectivity index (χ0) is 18.8. The van der Waals surface area contributed by atoms with Gasteiger partial charge >= 0.3 is 0 Å². The Labute approximate surface area is 170 Å². The number of benzene rings is 1. The highest BCUT2D eigenvalue weighted by Gasteiger charge is 2.20. The van der Waals surface area contributed by atoms with Crippen molar-refractivity contribution in [3.8, 4) is 5.75 Å². The van der Waals surface area contributed by atoms with Gasteiger partial charge in [0.15, 0.2) is 5.65 Å². The van der Waals surface area contributed by atoms with Crippen LogP contribution in [-0.2, 0) is 11.3 Å². The lowest BCUT2D eigenvalue weighted by Crippen LogP contribution is -2.19. The molecule has 0 aliphatic carbocycles. The van der Waals surface area contributed by atoms with Crippen LogP contribution in [0.2, 0.25) is 5.28 Å². The Balaban J connectivity index is 1.63. The number of nitrogens with zero attached hydrogens (tertiary/aromatic N) is 4. The first kappa shape index (κ1) is 18.5. The lowest BCUT2D eigenvalue weighted by Gasteiger charge is -2.12. The second-order valence-corrected chi connectivity index (χ2v) is 7.44. The highest BCUT2D eigenvalue weighted by Crippen LogP contribution is 2.30. The number of nitrogens with one attached hydrogen (secondary N) is 1. The monoisotopic (exact) mass is 451 g/mol. The van der Waals surface area contributed by atoms with E-state index in [1.165, 1.54) is 0 Å². The van der Waals surface area contributed by atoms with Gasteiger partial charge in [-0.1, -0.05) is 12.1 Å². The summed E-state index contributed by atoms with van der Waals surface area (Å²) in [4.78, 5) is 8.75. The van der Waals surface area contributed by atoms with Gasteiger partial charge in [0, 0.05) is 13.2 Å². The zero-order valence-electron chi connectivity index (χ0n) is 14.8. The molecule has 3 heterocycles. The van der Waals surface area contributed by atoms with Crippen molar-refractivity contribution in [3.63, 3.8) is 0 Å². The number of methoxy groups -OCH3 is 1. The van der Waals surface area contributed by atoms with Gasteiger partial charge in [0.25, 0.3) is 0 Å². The molecule has 1 aliphatic rings. The van der Waals surface area contributed by atoms with Crippen LogP contribution in [-0.4, -0.2) is 46.1 Å². The molecule has 4 rings (SSSR count). The Bertz CT molecular complexity index is 941. The van der Waals surface area contributed by atoms with E-state index in [4.69, 9.17) is 21.1 Å². The molecule has 1 saturated heterocycles. The number of halogens is 2. The Morgan fingerprint density at radius 2 is 2.15 bits per heavy atom. The van der Waals surface area contributed by atoms with Crippen molar-refractivity contribution in [2.45, 2.75) is 25.5 Å². The maximum atomic E-state index is 6.18. The van der Waals surface area contributed by atoms with Crippen LogP contribution in [0.4, 0.5) is 5.82 Å². The van der Waals surface area contributed by atoms with E-state index < -0.39 is 0 Å². The highest BCUT2D eigenvalue weighted by molar-refractivity contribution is 9.10. The second-order valence-electron chi connectivity index (χ2n) is 6.35. The Morgan fingerprint density at radius 1 is 1.33 bits per heavy atom. The number of hydrogen-bond donors (Lipinski definition) is 1. The van der Waals surface area contributed by atoms with Crippen LogP contribution in [0.25, 0.3) is 11.0 Å². The summed E-state index contributed by atoms with van der Waals surface area (Å²) < 4.78 is 13.4. The van der Waals surface area contributed by atoms with E-state index in [0.717, 1.165) is 36.1 Å². The standard InChI is InChI=1S/C18H19BrClN5O2/c1-26-12-6-4-11(5-7-12)10-25-17-14(15(19)24-25)16(22-18(20)23-17)21-9-13-3-2-8-27-13/h4-7,13H,2-3,8-10H2,1H3,(H,21,22,23). The first-order chi connectivity index (χ1) is 13.1. The largest absolute Gasteiger partial charge is 0.497 e. The summed E-state index contributed by atoms with van der Waals surface area (Å²) in [6, 6.07) is 7.85. The van der Waals surface area contributed by atoms with E-state index in [1.54, 1.807) is 7.11 Å². The lowest BCUT2D eigenvalue weighted by atomic mass is 10.2. The Hall–Kier alpha value is -1.90. The smallest absolute Gasteiger partial charge is 0.226 e. The predicted octanol–water partition coefficient (Wildman–Crippen LogP) is 3.89. The molecular weight excluding hydrogens is 434 g/mol. The number of rotatable bonds is 6. The summed E-state index contributed by atoms with van der Waals surface area (Å²) in [7, 11) is 1.65. The maximum Gasteiger partial charge on any atom is 0.226 e. The summed E-state index contributed by atoms with van der Waals surface area (Å²) in [6.45, 7) is 2.05. The van der Waals surface area contributed by atoms with Gasteiger partial charge in [0.05, 0.1) is 25.1 Å². The van der Waals surface area contributed by atoms with Crippen LogP contribution in [0.15, 0.2) is 28.9 Å². The molecule has 0 amide bonds. The van der Waals surface area contributed by atoms with Crippen LogP contribution < -0.4 is 10.1 Å². The van der Waals surface area contributed by atoms with Crippen LogP contribution in [0.3, 0.4) is 0 Å². The third-order valence-corrected chi connectivity index (χ3v) is 5.26. The summed E-state index contributed by atoms with van der Waals surface area (Å²) in [5.74, 6) is 1.48. The minimum Gasteiger partial charge on any atom is -0.497 e. The van der Waals surface area contributed by atoms with Gasteiger partial charge in [-0.25, -0.2) is 4.68 Å². The first-order valence-electron chi connectivity index (χ1n) is 8.72. The fraction of sp³-hybridized carbons (Fsp3) is 0.389. The van der Waals surface area contributed by atoms with Gasteiger partial charge in [-0.05, 0) is 58.1 Å². The van der Waals surface area contributed by atoms with Crippen molar-refractivity contribution in [1.29, 1.82) is 0 Å². The predicted molar refractivity (Wildman–Crippen MR) is 108 cm³/mol. The fourth-order valence-electron chi connectivity index (χ4n) is 3.16. The van der Waals surface area contributed by atoms with Crippen LogP contribution in [0, 0.1) is 0 Å². The molecule has 1 aliphatic heterocycles. The number of fused-ring (bicyclic) bond motifs is 1. The number of anilines is 1. The van der Waals surface area contributed by atoms with Crippen molar-refractivity contribution in [1.82, 2.24) is 19.7 Å². The minimum absolute atomic E-state index is 0.181. The molecule has 142 valence electrons. The fourth-order valence-corrected chi connectivity index (χ4v) is 3.88. The molecule has 0 radical (unpaired) electrons. The average Bonchev–Trinajstić information content (AvgIpc) is 3.29. The summed E-state index contributed by atoms with van der Waals surface area (Å²) in [5, 5.41) is 8.91. The third kappa shape index (κ3) is 4.02. The summed E-state index contributed by atoms with van der Waals surface area (Å²) in [6.07, 6.45) is 2.34. The van der Waals surface area contributed by atoms with E-state index in [2.05, 4.69) is 36.3 Å². The van der Waals surface area contributed by atoms with Crippen LogP contribution in [0.5, 0.6) is 5.75 Å². The number of aromatic nitrogens is 4. The molecule has 3 aromatic rings. The molecule has 0 spiro atoms. The van der Waals surface area contributed by atoms with E-state index >= 15 is 0 Å². The molecule has 27 heavy (non-hydrogen) atoms. The number of hydrogen-bond acceptors (Lipinski definition) is 6. The third-order valence-electron chi connectivity index (χ3n) is 4.53. The highest BCUT2D eigenvalue weighted by atomic mass is 79.9. The summed E-state index contributed by atoms with van der Waals surface area (Å²) in [5.41, 5.74) is 1.75. The van der Waals surface area contributed by atoms with Gasteiger partial charge < -0.3 is 14.8 Å². The van der Waals surface area contributed by atoms with Gasteiger partial charge in [0.2, 0.25) is 5.28 Å². The molecule has 1 aromatic carbocycles. The van der Waals surface area contributed by atoms with Crippen molar-refractivity contribution in [2.75, 3.05) is 25.6 Å². The SMILES string of the molecule is COc1ccc(Cn2nc(Br)c3c(NCC4CCCO4)nc(Cl)nc32)cc1. The van der Waals surface area contributed by atoms with Crippen molar-refractivity contribution in [3.05, 3.63) is 39.7 Å². The molecule has 9 heteroatoms. The van der Waals surface area contributed by atoms with E-state index in [9.17, 15) is 0 Å². The lowest BCUT2D eigenvalue weighted by molar-refractivity contribution is 0.120. The molecule has 7 nitrogen and oxygen atoms in total. The first-order valence-corrected chi connectivity index (χ1v) is 9.89. The number of ether oxygens (including phenoxy) is 2. The van der Waals surface area contributed by atoms with Gasteiger partial charge in [-0.15, -0.1) is 0 Å². The molecule has 1 unspecified atom stereocenters. The van der Waals surface area contributed by atoms with Crippen molar-refractivity contribution < 1.29 is 9.47 Å². The van der Waals surface area contributed by atoms with Crippen LogP contribution in [0.1, 0.15) is 18.4 Å². The van der Waals surface area contributed by atoms with E-state index in [-0.39, 0.29) is 11.4 Å². The molecule has 1 fully saturated rings. The van der Waals surface area contributed by atoms with E-state index in [0.29, 0.717) is 29.2 Å². The molecule has 2 aromatic heterocycles. The van der Waals surface area contributed by atoms with E-state index in [1.807, 2.05) is 28.9 Å². The normalized spacial score (nSPS) is 16.8. The molecule has 0 saturated carbocycles. The summed E-state index contributed by atoms with van der Waals surface area (Å²) >= 11 is 9.71. The van der Waals surface area contributed by atoms with Crippen LogP contribution >= 0.6 is 27.5 Å². The van der Waals surface area contributed by atoms with Crippen molar-refractivity contribution in [2.24, 2.45) is 0 Å². The molecule has 1 atom stereocenters. The Kier molecular flexibility index (Phi) is 5.47. The average molecular weight is 453 g/mol. The van der Waals surface area contributed by atoms with Gasteiger partial charge in [-0.3, -0.25) is 0 Å². The maximum absolute atomic E-state index is 6.18. The van der Waals surface area contributed by atoms with Gasteiger partial charge in [0.1, 0.15) is 16.2 Å². The minimum atomic E-state index is 0.181. The second kappa shape index (κ2) is 8.00. The van der Waals surface area contributed by atoms with Crippen molar-refractivity contribution >= 4 is 44.4 Å². The van der Waals surface area contributed by atoms with Gasteiger partial charge in [-0.2, -0.15) is 15.1 Å². The molecule has 1 N–H and O–H groups in total. The Morgan fingerprint density at radius 3 is 2.85 bits per heavy atom. The quantitative estimate of drug-likeness (QED) is 0.572. The topological polar surface area (TPSA) is 74.1 Å².